The first-order valence-electron chi connectivity index (χ1n) is 9.36. The van der Waals surface area contributed by atoms with Gasteiger partial charge in [0.1, 0.15) is 5.76 Å². The molecule has 1 aromatic rings. The molecule has 2 aliphatic rings. The number of aromatic nitrogens is 1. The fraction of sp³-hybridized carbons (Fsp3) is 0.684. The maximum absolute atomic E-state index is 12.1. The lowest BCUT2D eigenvalue weighted by Gasteiger charge is -2.38. The van der Waals surface area contributed by atoms with E-state index in [1.807, 2.05) is 6.92 Å². The molecule has 1 amide bonds. The molecule has 0 radical (unpaired) electrons. The van der Waals surface area contributed by atoms with Gasteiger partial charge in [-0.05, 0) is 38.5 Å². The monoisotopic (exact) mass is 346 g/mol. The summed E-state index contributed by atoms with van der Waals surface area (Å²) in [6.45, 7) is 12.0. The minimum Gasteiger partial charge on any atom is -0.360 e. The minimum absolute atomic E-state index is 0.0265. The van der Waals surface area contributed by atoms with Gasteiger partial charge in [0.05, 0.1) is 6.54 Å². The minimum atomic E-state index is -0.0265. The summed E-state index contributed by atoms with van der Waals surface area (Å²) < 4.78 is 4.97. The number of piperazine rings is 1. The van der Waals surface area contributed by atoms with Crippen LogP contribution in [0.2, 0.25) is 0 Å². The molecule has 0 aromatic carbocycles. The van der Waals surface area contributed by atoms with E-state index in [1.165, 1.54) is 12.8 Å². The topological polar surface area (TPSA) is 61.6 Å². The van der Waals surface area contributed by atoms with Crippen molar-refractivity contribution in [2.75, 3.05) is 44.6 Å². The molecule has 1 fully saturated rings. The molecule has 1 aliphatic heterocycles. The molecule has 2 heterocycles. The van der Waals surface area contributed by atoms with Crippen LogP contribution in [-0.2, 0) is 4.79 Å². The number of allylic oxidation sites excluding steroid dienone is 1. The van der Waals surface area contributed by atoms with Crippen LogP contribution >= 0.6 is 0 Å². The van der Waals surface area contributed by atoms with Gasteiger partial charge < -0.3 is 14.7 Å². The molecule has 6 nitrogen and oxygen atoms in total. The lowest BCUT2D eigenvalue weighted by molar-refractivity contribution is -0.117. The Morgan fingerprint density at radius 3 is 2.64 bits per heavy atom. The number of hydrogen-bond acceptors (Lipinski definition) is 5. The fourth-order valence-electron chi connectivity index (χ4n) is 3.92. The zero-order chi connectivity index (χ0) is 17.8. The Hall–Kier alpha value is -1.66. The van der Waals surface area contributed by atoms with Gasteiger partial charge in [0.15, 0.2) is 5.82 Å². The molecule has 1 saturated heterocycles. The second-order valence-electron chi connectivity index (χ2n) is 7.56. The molecule has 0 saturated carbocycles. The Kier molecular flexibility index (Phi) is 5.91. The highest BCUT2D eigenvalue weighted by atomic mass is 16.5. The summed E-state index contributed by atoms with van der Waals surface area (Å²) in [5, 5.41) is 6.59. The van der Waals surface area contributed by atoms with Crippen molar-refractivity contribution in [2.45, 2.75) is 33.6 Å². The number of rotatable bonds is 5. The van der Waals surface area contributed by atoms with E-state index in [2.05, 4.69) is 40.2 Å². The first-order chi connectivity index (χ1) is 12.0. The van der Waals surface area contributed by atoms with Crippen molar-refractivity contribution in [3.63, 3.8) is 0 Å². The number of carbonyl (C=O) groups is 1. The van der Waals surface area contributed by atoms with Crippen molar-refractivity contribution >= 4 is 11.7 Å². The van der Waals surface area contributed by atoms with E-state index in [4.69, 9.17) is 4.52 Å². The van der Waals surface area contributed by atoms with Crippen LogP contribution in [-0.4, -0.2) is 60.1 Å². The van der Waals surface area contributed by atoms with Crippen molar-refractivity contribution in [3.05, 3.63) is 23.5 Å². The first-order valence-corrected chi connectivity index (χ1v) is 9.36. The van der Waals surface area contributed by atoms with Crippen molar-refractivity contribution < 1.29 is 9.32 Å². The maximum Gasteiger partial charge on any atom is 0.239 e. The van der Waals surface area contributed by atoms with Crippen LogP contribution in [0.5, 0.6) is 0 Å². The number of amides is 1. The standard InChI is InChI=1S/C19H30N4O2/c1-14-5-4-6-15(2)17(14)12-22-7-9-23(10-8-22)13-19(24)20-18-11-16(3)25-21-18/h5,11,15,17H,4,6-10,12-13H2,1-3H3,(H,20,21,24)/t15-,17+/m1/s1. The molecule has 3 rings (SSSR count). The summed E-state index contributed by atoms with van der Waals surface area (Å²) in [5.74, 6) is 2.64. The average Bonchev–Trinajstić information content (AvgIpc) is 2.97. The zero-order valence-electron chi connectivity index (χ0n) is 15.6. The normalized spacial score (nSPS) is 25.6. The van der Waals surface area contributed by atoms with Crippen LogP contribution in [0.15, 0.2) is 22.2 Å². The van der Waals surface area contributed by atoms with Gasteiger partial charge in [-0.15, -0.1) is 0 Å². The van der Waals surface area contributed by atoms with E-state index in [-0.39, 0.29) is 5.91 Å². The van der Waals surface area contributed by atoms with E-state index in [9.17, 15) is 4.79 Å². The zero-order valence-corrected chi connectivity index (χ0v) is 15.6. The van der Waals surface area contributed by atoms with Gasteiger partial charge in [-0.25, -0.2) is 0 Å². The van der Waals surface area contributed by atoms with Gasteiger partial charge in [-0.1, -0.05) is 23.7 Å². The van der Waals surface area contributed by atoms with Gasteiger partial charge in [-0.2, -0.15) is 0 Å². The van der Waals surface area contributed by atoms with E-state index < -0.39 is 0 Å². The Labute approximate surface area is 150 Å². The number of anilines is 1. The summed E-state index contributed by atoms with van der Waals surface area (Å²) in [7, 11) is 0. The lowest BCUT2D eigenvalue weighted by Crippen LogP contribution is -2.50. The van der Waals surface area contributed by atoms with Crippen LogP contribution in [0.25, 0.3) is 0 Å². The molecular weight excluding hydrogens is 316 g/mol. The van der Waals surface area contributed by atoms with Gasteiger partial charge in [-0.3, -0.25) is 9.69 Å². The molecule has 1 aliphatic carbocycles. The SMILES string of the molecule is CC1=CCC[C@@H](C)[C@H]1CN1CCN(CC(=O)Nc2cc(C)on2)CC1. The van der Waals surface area contributed by atoms with E-state index >= 15 is 0 Å². The summed E-state index contributed by atoms with van der Waals surface area (Å²) in [5.41, 5.74) is 1.56. The molecule has 0 spiro atoms. The van der Waals surface area contributed by atoms with Crippen LogP contribution in [0.4, 0.5) is 5.82 Å². The molecular formula is C19H30N4O2. The summed E-state index contributed by atoms with van der Waals surface area (Å²) in [6, 6.07) is 1.73. The van der Waals surface area contributed by atoms with Crippen LogP contribution in [0.1, 0.15) is 32.4 Å². The van der Waals surface area contributed by atoms with Crippen LogP contribution in [0.3, 0.4) is 0 Å². The average molecular weight is 346 g/mol. The predicted octanol–water partition coefficient (Wildman–Crippen LogP) is 2.53. The molecule has 1 N–H and O–H groups in total. The third-order valence-electron chi connectivity index (χ3n) is 5.54. The lowest BCUT2D eigenvalue weighted by atomic mass is 9.80. The molecule has 0 unspecified atom stereocenters. The summed E-state index contributed by atoms with van der Waals surface area (Å²) in [4.78, 5) is 16.9. The summed E-state index contributed by atoms with van der Waals surface area (Å²) >= 11 is 0. The number of nitrogens with zero attached hydrogens (tertiary/aromatic N) is 3. The highest BCUT2D eigenvalue weighted by Gasteiger charge is 2.26. The number of aryl methyl sites for hydroxylation is 1. The Balaban J connectivity index is 1.41. The van der Waals surface area contributed by atoms with Crippen LogP contribution in [0, 0.1) is 18.8 Å². The van der Waals surface area contributed by atoms with Gasteiger partial charge >= 0.3 is 0 Å². The first kappa shape index (κ1) is 18.1. The number of hydrogen-bond donors (Lipinski definition) is 1. The maximum atomic E-state index is 12.1. The molecule has 0 bridgehead atoms. The highest BCUT2D eigenvalue weighted by molar-refractivity contribution is 5.91. The van der Waals surface area contributed by atoms with Gasteiger partial charge in [0, 0.05) is 38.8 Å². The third-order valence-corrected chi connectivity index (χ3v) is 5.54. The Morgan fingerprint density at radius 1 is 1.28 bits per heavy atom. The van der Waals surface area contributed by atoms with E-state index in [0.29, 0.717) is 24.0 Å². The van der Waals surface area contributed by atoms with Crippen molar-refractivity contribution in [3.8, 4) is 0 Å². The van der Waals surface area contributed by atoms with E-state index in [1.54, 1.807) is 11.6 Å². The number of carbonyl (C=O) groups excluding carboxylic acids is 1. The fourth-order valence-corrected chi connectivity index (χ4v) is 3.92. The van der Waals surface area contributed by atoms with Crippen molar-refractivity contribution in [1.82, 2.24) is 15.0 Å². The molecule has 1 aromatic heterocycles. The number of nitrogens with one attached hydrogen (secondary N) is 1. The second kappa shape index (κ2) is 8.15. The summed E-state index contributed by atoms with van der Waals surface area (Å²) in [6.07, 6.45) is 4.96. The quantitative estimate of drug-likeness (QED) is 0.830. The van der Waals surface area contributed by atoms with Crippen molar-refractivity contribution in [2.24, 2.45) is 11.8 Å². The second-order valence-corrected chi connectivity index (χ2v) is 7.56. The van der Waals surface area contributed by atoms with Crippen LogP contribution < -0.4 is 5.32 Å². The van der Waals surface area contributed by atoms with Crippen molar-refractivity contribution in [1.29, 1.82) is 0 Å². The highest BCUT2D eigenvalue weighted by Crippen LogP contribution is 2.30. The smallest absolute Gasteiger partial charge is 0.239 e. The Morgan fingerprint density at radius 2 is 2.00 bits per heavy atom. The van der Waals surface area contributed by atoms with E-state index in [0.717, 1.165) is 38.6 Å². The molecule has 2 atom stereocenters. The molecule has 25 heavy (non-hydrogen) atoms. The Bertz CT molecular complexity index is 617. The largest absolute Gasteiger partial charge is 0.360 e. The predicted molar refractivity (Wildman–Crippen MR) is 98.4 cm³/mol. The molecule has 138 valence electrons. The van der Waals surface area contributed by atoms with Gasteiger partial charge in [0.25, 0.3) is 0 Å². The third kappa shape index (κ3) is 4.92. The molecule has 6 heteroatoms. The van der Waals surface area contributed by atoms with Gasteiger partial charge in [0.2, 0.25) is 5.91 Å².